The van der Waals surface area contributed by atoms with E-state index < -0.39 is 0 Å². The lowest BCUT2D eigenvalue weighted by atomic mass is 9.71. The molecule has 8 aliphatic heterocycles. The van der Waals surface area contributed by atoms with Gasteiger partial charge in [-0.2, -0.15) is 0 Å². The van der Waals surface area contributed by atoms with Gasteiger partial charge >= 0.3 is 0 Å². The number of benzene rings is 5. The van der Waals surface area contributed by atoms with E-state index in [0.29, 0.717) is 29.5 Å². The van der Waals surface area contributed by atoms with Gasteiger partial charge in [0.25, 0.3) is 0 Å². The molecule has 2 spiro atoms. The van der Waals surface area contributed by atoms with Gasteiger partial charge in [-0.15, -0.1) is 0 Å². The summed E-state index contributed by atoms with van der Waals surface area (Å²) in [6.45, 7) is 33.7. The van der Waals surface area contributed by atoms with Crippen molar-refractivity contribution in [1.82, 2.24) is 19.6 Å². The number of β-amino-alcohol motifs (C(OH)–C–C–N with tert-alkyl or cyclic N) is 1. The third-order valence-corrected chi connectivity index (χ3v) is 19.8. The zero-order valence-electron chi connectivity index (χ0n) is 62.0. The molecule has 9 aliphatic rings. The molecule has 1 unspecified atom stereocenters. The molecule has 1 aliphatic carbocycles. The molecule has 8 heterocycles. The SMILES string of the molecule is CC.CC.CC.CC.CC.CCO.O=C(/C=C/c1ccccc1)N1CCC(C2CO2)CC1.O=C(/C=C/c1ccccc1)N1CCC([C@@H](O)CN2CCC3(CC2)CNc2ccccc23)CC1.O=C(/C=C/c1ccccc1)N1CCC([C@@H]2CO2)CC1.c1ccc2c(c1)NCC21CCCCC1. The van der Waals surface area contributed by atoms with E-state index in [-0.39, 0.29) is 41.8 Å². The largest absolute Gasteiger partial charge is 0.397 e. The summed E-state index contributed by atoms with van der Waals surface area (Å²) in [5.41, 5.74) is 9.67. The van der Waals surface area contributed by atoms with Gasteiger partial charge in [0.1, 0.15) is 0 Å². The van der Waals surface area contributed by atoms with Crippen LogP contribution in [0.15, 0.2) is 158 Å². The Bertz CT molecular complexity index is 2940. The lowest BCUT2D eigenvalue weighted by Crippen LogP contribution is -2.48. The number of epoxide rings is 2. The molecular weight excluding hydrogens is 1220 g/mol. The number of aliphatic hydroxyl groups is 2. The van der Waals surface area contributed by atoms with Crippen LogP contribution in [0.2, 0.25) is 0 Å². The Labute approximate surface area is 592 Å². The second-order valence-electron chi connectivity index (χ2n) is 25.6. The maximum absolute atomic E-state index is 12.5. The van der Waals surface area contributed by atoms with Crippen molar-refractivity contribution in [3.63, 3.8) is 0 Å². The molecule has 1 saturated carbocycles. The highest BCUT2D eigenvalue weighted by molar-refractivity contribution is 5.93. The van der Waals surface area contributed by atoms with Gasteiger partial charge in [-0.3, -0.25) is 14.4 Å². The standard InChI is InChI=1S/C28H35N3O2.2C16H19NO2.C13H17N.C2H6O.5C2H6/c32-26(20-30-18-14-28(15-19-30)21-29-25-9-5-4-8-24(25)28)23-12-16-31(17-13-23)27(33)11-10-22-6-2-1-3-7-22;2*18-16(7-6-13-4-2-1-3-5-13)17-10-8-14(9-11-17)15-12-19-15;1-4-8-13(9-5-1)10-14-12-7-3-2-6-11(12)13;1-2-3;5*1-2/h1-11,23,26,29,32H,12-21H2;2*1-7,14-15H,8-12H2;2-3,6-7,14H,1,4-5,8-10H2;3H,2H2,1H3;5*1-2H3/b11-10+;2*7-6+;;;;;;;/t26-;15-;;;;;;;;/m00......../s1. The molecule has 3 atom stereocenters. The van der Waals surface area contributed by atoms with E-state index in [0.717, 1.165) is 147 Å². The number of aliphatic hydroxyl groups excluding tert-OH is 2. The first-order chi connectivity index (χ1) is 48.1. The average Bonchev–Trinajstić information content (AvgIpc) is 1.55. The second kappa shape index (κ2) is 45.7. The topological polar surface area (TPSA) is 154 Å². The quantitative estimate of drug-likeness (QED) is 0.0742. The van der Waals surface area contributed by atoms with Gasteiger partial charge in [-0.05, 0) is 160 Å². The van der Waals surface area contributed by atoms with Gasteiger partial charge in [-0.1, -0.05) is 216 Å². The van der Waals surface area contributed by atoms with Crippen LogP contribution in [0.3, 0.4) is 0 Å². The van der Waals surface area contributed by atoms with Crippen molar-refractivity contribution in [3.05, 3.63) is 186 Å². The van der Waals surface area contributed by atoms with Crippen molar-refractivity contribution in [1.29, 1.82) is 0 Å². The van der Waals surface area contributed by atoms with Gasteiger partial charge in [0.15, 0.2) is 0 Å². The maximum atomic E-state index is 12.5. The Balaban J connectivity index is 0.000000232. The molecule has 13 nitrogen and oxygen atoms in total. The van der Waals surface area contributed by atoms with E-state index in [9.17, 15) is 19.5 Å². The van der Waals surface area contributed by atoms with Crippen LogP contribution in [0.1, 0.15) is 187 Å². The van der Waals surface area contributed by atoms with E-state index in [1.54, 1.807) is 30.7 Å². The number of hydrogen-bond donors (Lipinski definition) is 4. The molecule has 7 fully saturated rings. The van der Waals surface area contributed by atoms with Crippen LogP contribution in [0.25, 0.3) is 18.2 Å². The fourth-order valence-corrected chi connectivity index (χ4v) is 14.3. The summed E-state index contributed by atoms with van der Waals surface area (Å²) in [7, 11) is 0. The monoisotopic (exact) mass is 1340 g/mol. The van der Waals surface area contributed by atoms with Crippen molar-refractivity contribution in [2.75, 3.05) is 102 Å². The first-order valence-electron chi connectivity index (χ1n) is 38.1. The van der Waals surface area contributed by atoms with Gasteiger partial charge in [-0.25, -0.2) is 0 Å². The highest BCUT2D eigenvalue weighted by Crippen LogP contribution is 2.47. The minimum absolute atomic E-state index is 0.0681. The normalized spacial score (nSPS) is 20.4. The molecule has 13 heteroatoms. The number of rotatable bonds is 11. The zero-order valence-corrected chi connectivity index (χ0v) is 62.0. The molecule has 6 saturated heterocycles. The Hall–Kier alpha value is -6.87. The molecule has 5 aromatic carbocycles. The van der Waals surface area contributed by atoms with Crippen LogP contribution in [-0.4, -0.2) is 158 Å². The summed E-state index contributed by atoms with van der Waals surface area (Å²) in [6.07, 6.45) is 26.7. The zero-order chi connectivity index (χ0) is 71.0. The number of anilines is 2. The number of nitrogens with one attached hydrogen (secondary N) is 2. The minimum Gasteiger partial charge on any atom is -0.397 e. The van der Waals surface area contributed by atoms with Crippen LogP contribution in [-0.2, 0) is 34.7 Å². The van der Waals surface area contributed by atoms with Crippen molar-refractivity contribution < 1.29 is 34.1 Å². The third kappa shape index (κ3) is 25.7. The first-order valence-corrected chi connectivity index (χ1v) is 38.1. The van der Waals surface area contributed by atoms with Crippen LogP contribution >= 0.6 is 0 Å². The van der Waals surface area contributed by atoms with Crippen molar-refractivity contribution in [2.24, 2.45) is 17.8 Å². The van der Waals surface area contributed by atoms with E-state index in [1.165, 1.54) is 55.6 Å². The number of nitrogens with zero attached hydrogens (tertiary/aromatic N) is 4. The molecule has 0 radical (unpaired) electrons. The number of ether oxygens (including phenoxy) is 2. The highest BCUT2D eigenvalue weighted by Gasteiger charge is 2.43. The molecule has 538 valence electrons. The number of para-hydroxylation sites is 2. The Morgan fingerprint density at radius 3 is 1.10 bits per heavy atom. The highest BCUT2D eigenvalue weighted by atomic mass is 16.6. The van der Waals surface area contributed by atoms with Crippen LogP contribution in [0.4, 0.5) is 11.4 Å². The van der Waals surface area contributed by atoms with Crippen molar-refractivity contribution in [3.8, 4) is 0 Å². The summed E-state index contributed by atoms with van der Waals surface area (Å²) in [6, 6.07) is 47.4. The maximum Gasteiger partial charge on any atom is 0.246 e. The number of likely N-dealkylation sites (tertiary alicyclic amines) is 4. The van der Waals surface area contributed by atoms with E-state index in [4.69, 9.17) is 14.6 Å². The molecule has 0 bridgehead atoms. The molecule has 3 amide bonds. The average molecular weight is 1340 g/mol. The van der Waals surface area contributed by atoms with Crippen LogP contribution in [0.5, 0.6) is 0 Å². The fraction of sp³-hybridized carbons (Fsp3) is 0.541. The lowest BCUT2D eigenvalue weighted by molar-refractivity contribution is -0.128. The van der Waals surface area contributed by atoms with Crippen LogP contribution < -0.4 is 10.6 Å². The molecule has 98 heavy (non-hydrogen) atoms. The predicted octanol–water partition coefficient (Wildman–Crippen LogP) is 16.9. The summed E-state index contributed by atoms with van der Waals surface area (Å²) < 4.78 is 10.7. The first kappa shape index (κ1) is 81.8. The molecule has 0 aromatic heterocycles. The molecular formula is C85H126N6O7. The van der Waals surface area contributed by atoms with E-state index in [2.05, 4.69) is 64.1 Å². The fourth-order valence-electron chi connectivity index (χ4n) is 14.3. The number of carbonyl (C=O) groups is 3. The summed E-state index contributed by atoms with van der Waals surface area (Å²) in [5, 5.41) is 25.7. The van der Waals surface area contributed by atoms with Gasteiger partial charge in [0.2, 0.25) is 17.7 Å². The van der Waals surface area contributed by atoms with E-state index in [1.807, 2.05) is 193 Å². The smallest absolute Gasteiger partial charge is 0.246 e. The number of carbonyl (C=O) groups excluding carboxylic acids is 3. The van der Waals surface area contributed by atoms with Gasteiger partial charge in [0.05, 0.1) is 31.5 Å². The molecule has 14 rings (SSSR count). The Morgan fingerprint density at radius 2 is 0.765 bits per heavy atom. The van der Waals surface area contributed by atoms with Gasteiger partial charge < -0.3 is 49.9 Å². The predicted molar refractivity (Wildman–Crippen MR) is 411 cm³/mol. The van der Waals surface area contributed by atoms with Crippen molar-refractivity contribution >= 4 is 47.3 Å². The van der Waals surface area contributed by atoms with Gasteiger partial charge in [0, 0.05) is 106 Å². The summed E-state index contributed by atoms with van der Waals surface area (Å²) in [5.74, 6) is 1.93. The number of amides is 3. The lowest BCUT2D eigenvalue weighted by Gasteiger charge is -2.41. The molecule has 5 aromatic rings. The second-order valence-corrected chi connectivity index (χ2v) is 25.6. The number of piperidine rings is 4. The third-order valence-electron chi connectivity index (χ3n) is 19.8. The van der Waals surface area contributed by atoms with Crippen LogP contribution in [0, 0.1) is 17.8 Å². The Morgan fingerprint density at radius 1 is 0.459 bits per heavy atom. The summed E-state index contributed by atoms with van der Waals surface area (Å²) in [4.78, 5) is 44.9. The number of fused-ring (bicyclic) bond motifs is 4. The molecule has 4 N–H and O–H groups in total. The van der Waals surface area contributed by atoms with E-state index >= 15 is 0 Å². The number of hydrogen-bond acceptors (Lipinski definition) is 10. The Kier molecular flexibility index (Phi) is 38.2. The minimum atomic E-state index is -0.315. The van der Waals surface area contributed by atoms with Crippen molar-refractivity contribution in [2.45, 2.75) is 189 Å². The summed E-state index contributed by atoms with van der Waals surface area (Å²) >= 11 is 0.